The van der Waals surface area contributed by atoms with Crippen LogP contribution in [0.1, 0.15) is 58.1 Å². The van der Waals surface area contributed by atoms with Crippen molar-refractivity contribution in [2.45, 2.75) is 64.4 Å². The van der Waals surface area contributed by atoms with Gasteiger partial charge >= 0.3 is 0 Å². The summed E-state index contributed by atoms with van der Waals surface area (Å²) in [6.45, 7) is 9.56. The zero-order valence-electron chi connectivity index (χ0n) is 12.5. The molecule has 1 nitrogen and oxygen atoms in total. The van der Waals surface area contributed by atoms with Crippen LogP contribution >= 0.6 is 0 Å². The van der Waals surface area contributed by atoms with Gasteiger partial charge in [0, 0.05) is 11.0 Å². The number of hydrogen-bond acceptors (Lipinski definition) is 1. The predicted molar refractivity (Wildman–Crippen MR) is 77.7 cm³/mol. The standard InChI is InChI=1S/C18H24O/c1-5-12-6-7-15-14(10-12)18-9-8-13(16(18,2)3)11-17(18,4)19-15/h6-7,10,13H,5,8-9,11H2,1-4H3. The van der Waals surface area contributed by atoms with Crippen molar-refractivity contribution in [2.24, 2.45) is 11.3 Å². The topological polar surface area (TPSA) is 9.23 Å². The second-order valence-electron chi connectivity index (χ2n) is 7.58. The van der Waals surface area contributed by atoms with Crippen molar-refractivity contribution in [3.63, 3.8) is 0 Å². The first-order valence-electron chi connectivity index (χ1n) is 7.77. The van der Waals surface area contributed by atoms with Gasteiger partial charge in [0.25, 0.3) is 0 Å². The van der Waals surface area contributed by atoms with Crippen LogP contribution in [0.15, 0.2) is 18.2 Å². The molecular formula is C18H24O. The van der Waals surface area contributed by atoms with E-state index < -0.39 is 0 Å². The molecule has 1 aromatic rings. The first-order chi connectivity index (χ1) is 8.94. The second kappa shape index (κ2) is 3.19. The molecule has 3 atom stereocenters. The molecule has 1 heterocycles. The lowest BCUT2D eigenvalue weighted by molar-refractivity contribution is 0.0227. The summed E-state index contributed by atoms with van der Waals surface area (Å²) in [4.78, 5) is 0. The summed E-state index contributed by atoms with van der Waals surface area (Å²) in [7, 11) is 0. The third-order valence-electron chi connectivity index (χ3n) is 6.77. The Bertz CT molecular complexity index is 559. The van der Waals surface area contributed by atoms with E-state index in [9.17, 15) is 0 Å². The van der Waals surface area contributed by atoms with Gasteiger partial charge in [0.2, 0.25) is 0 Å². The Kier molecular flexibility index (Phi) is 1.98. The molecule has 2 fully saturated rings. The Hall–Kier alpha value is -0.980. The molecule has 2 bridgehead atoms. The van der Waals surface area contributed by atoms with E-state index in [1.165, 1.54) is 30.4 Å². The highest BCUT2D eigenvalue weighted by atomic mass is 16.5. The maximum absolute atomic E-state index is 6.48. The second-order valence-corrected chi connectivity index (χ2v) is 7.58. The molecule has 4 rings (SSSR count). The van der Waals surface area contributed by atoms with Crippen LogP contribution in [0.3, 0.4) is 0 Å². The van der Waals surface area contributed by atoms with Gasteiger partial charge in [-0.1, -0.05) is 32.9 Å². The average Bonchev–Trinajstić information content (AvgIpc) is 2.85. The first-order valence-corrected chi connectivity index (χ1v) is 7.77. The maximum atomic E-state index is 6.48. The van der Waals surface area contributed by atoms with E-state index in [-0.39, 0.29) is 11.0 Å². The summed E-state index contributed by atoms with van der Waals surface area (Å²) in [6.07, 6.45) is 5.03. The van der Waals surface area contributed by atoms with Gasteiger partial charge in [0.05, 0.1) is 0 Å². The van der Waals surface area contributed by atoms with Crippen molar-refractivity contribution >= 4 is 0 Å². The molecular weight excluding hydrogens is 232 g/mol. The van der Waals surface area contributed by atoms with Crippen LogP contribution in [0, 0.1) is 11.3 Å². The van der Waals surface area contributed by atoms with Crippen LogP contribution < -0.4 is 4.74 Å². The van der Waals surface area contributed by atoms with Gasteiger partial charge in [-0.3, -0.25) is 0 Å². The van der Waals surface area contributed by atoms with E-state index in [4.69, 9.17) is 4.74 Å². The van der Waals surface area contributed by atoms with Gasteiger partial charge in [-0.05, 0) is 55.6 Å². The first kappa shape index (κ1) is 11.8. The maximum Gasteiger partial charge on any atom is 0.124 e. The Morgan fingerprint density at radius 2 is 2.05 bits per heavy atom. The van der Waals surface area contributed by atoms with Crippen LogP contribution in [0.2, 0.25) is 0 Å². The highest BCUT2D eigenvalue weighted by Gasteiger charge is 2.74. The van der Waals surface area contributed by atoms with Crippen LogP contribution in [-0.2, 0) is 11.8 Å². The van der Waals surface area contributed by atoms with E-state index in [0.717, 1.165) is 18.1 Å². The lowest BCUT2D eigenvalue weighted by Crippen LogP contribution is -2.50. The molecule has 1 aliphatic heterocycles. The highest BCUT2D eigenvalue weighted by molar-refractivity contribution is 5.54. The molecule has 1 aromatic carbocycles. The minimum atomic E-state index is 0.0358. The van der Waals surface area contributed by atoms with Crippen LogP contribution in [0.4, 0.5) is 0 Å². The third-order valence-corrected chi connectivity index (χ3v) is 6.77. The fourth-order valence-corrected chi connectivity index (χ4v) is 5.73. The van der Waals surface area contributed by atoms with Crippen LogP contribution in [0.5, 0.6) is 5.75 Å². The van der Waals surface area contributed by atoms with Crippen molar-refractivity contribution < 1.29 is 4.74 Å². The quantitative estimate of drug-likeness (QED) is 0.720. The molecule has 1 spiro atoms. The third kappa shape index (κ3) is 1.07. The Morgan fingerprint density at radius 1 is 1.26 bits per heavy atom. The number of hydrogen-bond donors (Lipinski definition) is 0. The van der Waals surface area contributed by atoms with E-state index >= 15 is 0 Å². The van der Waals surface area contributed by atoms with E-state index in [0.29, 0.717) is 5.41 Å². The molecule has 19 heavy (non-hydrogen) atoms. The van der Waals surface area contributed by atoms with Gasteiger partial charge in [-0.25, -0.2) is 0 Å². The molecule has 0 amide bonds. The molecule has 1 heteroatoms. The fourth-order valence-electron chi connectivity index (χ4n) is 5.73. The molecule has 0 aromatic heterocycles. The number of ether oxygens (including phenoxy) is 1. The number of rotatable bonds is 1. The van der Waals surface area contributed by atoms with Crippen molar-refractivity contribution in [2.75, 3.05) is 0 Å². The number of aryl methyl sites for hydroxylation is 1. The van der Waals surface area contributed by atoms with E-state index in [1.54, 1.807) is 0 Å². The summed E-state index contributed by atoms with van der Waals surface area (Å²) >= 11 is 0. The minimum absolute atomic E-state index is 0.0358. The Labute approximate surface area is 116 Å². The average molecular weight is 256 g/mol. The summed E-state index contributed by atoms with van der Waals surface area (Å²) in [5.74, 6) is 1.99. The summed E-state index contributed by atoms with van der Waals surface area (Å²) in [6, 6.07) is 6.89. The van der Waals surface area contributed by atoms with Crippen molar-refractivity contribution in [3.05, 3.63) is 29.3 Å². The van der Waals surface area contributed by atoms with E-state index in [2.05, 4.69) is 45.9 Å². The summed E-state index contributed by atoms with van der Waals surface area (Å²) in [5, 5.41) is 0. The van der Waals surface area contributed by atoms with Gasteiger partial charge in [0.15, 0.2) is 0 Å². The lowest BCUT2D eigenvalue weighted by Gasteiger charge is -2.43. The molecule has 2 aliphatic carbocycles. The summed E-state index contributed by atoms with van der Waals surface area (Å²) < 4.78 is 6.48. The van der Waals surface area contributed by atoms with Gasteiger partial charge in [-0.2, -0.15) is 0 Å². The molecule has 3 unspecified atom stereocenters. The largest absolute Gasteiger partial charge is 0.486 e. The minimum Gasteiger partial charge on any atom is -0.486 e. The molecule has 0 saturated heterocycles. The van der Waals surface area contributed by atoms with Crippen LogP contribution in [-0.4, -0.2) is 5.60 Å². The van der Waals surface area contributed by atoms with Crippen molar-refractivity contribution in [3.8, 4) is 5.75 Å². The molecule has 2 saturated carbocycles. The zero-order chi connectivity index (χ0) is 13.5. The lowest BCUT2D eigenvalue weighted by atomic mass is 9.61. The Morgan fingerprint density at radius 3 is 2.74 bits per heavy atom. The molecule has 102 valence electrons. The van der Waals surface area contributed by atoms with Crippen LogP contribution in [0.25, 0.3) is 0 Å². The van der Waals surface area contributed by atoms with Gasteiger partial charge in [0.1, 0.15) is 11.4 Å². The van der Waals surface area contributed by atoms with Gasteiger partial charge < -0.3 is 4.74 Å². The molecule has 0 N–H and O–H groups in total. The molecule has 3 aliphatic rings. The van der Waals surface area contributed by atoms with E-state index in [1.807, 2.05) is 0 Å². The monoisotopic (exact) mass is 256 g/mol. The van der Waals surface area contributed by atoms with Crippen molar-refractivity contribution in [1.29, 1.82) is 0 Å². The molecule has 0 radical (unpaired) electrons. The van der Waals surface area contributed by atoms with Crippen molar-refractivity contribution in [1.82, 2.24) is 0 Å². The normalized spacial score (nSPS) is 40.9. The smallest absolute Gasteiger partial charge is 0.124 e. The Balaban J connectivity index is 1.99. The van der Waals surface area contributed by atoms with Gasteiger partial charge in [-0.15, -0.1) is 0 Å². The summed E-state index contributed by atoms with van der Waals surface area (Å²) in [5.41, 5.74) is 3.63. The zero-order valence-corrected chi connectivity index (χ0v) is 12.5. The predicted octanol–water partition coefficient (Wildman–Crippen LogP) is 4.48. The number of benzene rings is 1. The highest BCUT2D eigenvalue weighted by Crippen LogP contribution is 2.74. The number of fused-ring (bicyclic) bond motifs is 2. The SMILES string of the molecule is CCc1ccc2c(c1)C13CCC(CC1(C)O2)C3(C)C. The fraction of sp³-hybridized carbons (Fsp3) is 0.667.